The molecule has 1 aliphatic rings. The number of benzene rings is 1. The Labute approximate surface area is 126 Å². The molecule has 0 aromatic heterocycles. The molecule has 1 aromatic carbocycles. The topological polar surface area (TPSA) is 15.3 Å². The van der Waals surface area contributed by atoms with Crippen LogP contribution in [-0.4, -0.2) is 37.3 Å². The van der Waals surface area contributed by atoms with Crippen molar-refractivity contribution in [2.45, 2.75) is 25.6 Å². The molecule has 1 N–H and O–H groups in total. The van der Waals surface area contributed by atoms with Crippen molar-refractivity contribution in [2.24, 2.45) is 0 Å². The Morgan fingerprint density at radius 1 is 1.29 bits per heavy atom. The second-order valence-corrected chi connectivity index (χ2v) is 5.62. The summed E-state index contributed by atoms with van der Waals surface area (Å²) < 4.78 is 53.1. The second kappa shape index (κ2) is 6.50. The molecular weight excluding hydrogens is 308 g/mol. The average Bonchev–Trinajstić information content (AvgIpc) is 2.42. The van der Waals surface area contributed by atoms with Gasteiger partial charge in [0.05, 0.1) is 6.42 Å². The van der Waals surface area contributed by atoms with E-state index >= 15 is 0 Å². The van der Waals surface area contributed by atoms with Gasteiger partial charge in [0.2, 0.25) is 0 Å². The number of hydrogen-bond donors (Lipinski definition) is 1. The van der Waals surface area contributed by atoms with Crippen LogP contribution >= 0.6 is 11.6 Å². The van der Waals surface area contributed by atoms with E-state index in [0.29, 0.717) is 31.7 Å². The number of nitrogens with zero attached hydrogens (tertiary/aromatic N) is 1. The highest BCUT2D eigenvalue weighted by Gasteiger charge is 2.38. The van der Waals surface area contributed by atoms with E-state index < -0.39 is 24.5 Å². The van der Waals surface area contributed by atoms with Crippen molar-refractivity contribution < 1.29 is 17.6 Å². The first-order valence-corrected chi connectivity index (χ1v) is 7.13. The quantitative estimate of drug-likeness (QED) is 0.853. The largest absolute Gasteiger partial charge is 0.390 e. The number of alkyl halides is 3. The molecule has 1 aliphatic heterocycles. The molecule has 2 rings (SSSR count). The summed E-state index contributed by atoms with van der Waals surface area (Å²) >= 11 is 5.99. The van der Waals surface area contributed by atoms with Crippen LogP contribution in [0.1, 0.15) is 23.6 Å². The lowest BCUT2D eigenvalue weighted by Crippen LogP contribution is -2.46. The molecule has 0 radical (unpaired) electrons. The molecule has 1 heterocycles. The van der Waals surface area contributed by atoms with Crippen molar-refractivity contribution in [3.63, 3.8) is 0 Å². The van der Waals surface area contributed by atoms with Crippen molar-refractivity contribution in [2.75, 3.05) is 26.2 Å². The molecule has 0 saturated carbocycles. The van der Waals surface area contributed by atoms with Gasteiger partial charge in [-0.3, -0.25) is 4.90 Å². The van der Waals surface area contributed by atoms with E-state index in [1.165, 1.54) is 19.1 Å². The van der Waals surface area contributed by atoms with Crippen molar-refractivity contribution in [1.82, 2.24) is 10.2 Å². The van der Waals surface area contributed by atoms with E-state index in [1.807, 2.05) is 0 Å². The normalized spacial score (nSPS) is 18.8. The third kappa shape index (κ3) is 4.08. The smallest absolute Gasteiger partial charge is 0.314 e. The van der Waals surface area contributed by atoms with Crippen molar-refractivity contribution in [1.29, 1.82) is 0 Å². The molecule has 0 spiro atoms. The van der Waals surface area contributed by atoms with Gasteiger partial charge in [0.15, 0.2) is 0 Å². The molecular formula is C14H17ClF4N2. The molecule has 1 atom stereocenters. The van der Waals surface area contributed by atoms with Crippen LogP contribution in [0.25, 0.3) is 0 Å². The van der Waals surface area contributed by atoms with Crippen LogP contribution in [0.15, 0.2) is 12.1 Å². The van der Waals surface area contributed by atoms with Gasteiger partial charge in [-0.1, -0.05) is 17.7 Å². The summed E-state index contributed by atoms with van der Waals surface area (Å²) in [6, 6.07) is 1.85. The minimum Gasteiger partial charge on any atom is -0.314 e. The molecule has 1 aromatic rings. The third-order valence-electron chi connectivity index (χ3n) is 3.67. The van der Waals surface area contributed by atoms with Gasteiger partial charge in [-0.15, -0.1) is 0 Å². The van der Waals surface area contributed by atoms with Crippen LogP contribution in [0.3, 0.4) is 0 Å². The van der Waals surface area contributed by atoms with E-state index in [2.05, 4.69) is 5.32 Å². The SMILES string of the molecule is Cc1ccc(Cl)c([C@H](CC(F)(F)F)N2CCNCC2)c1F. The minimum absolute atomic E-state index is 0.0455. The van der Waals surface area contributed by atoms with E-state index in [4.69, 9.17) is 11.6 Å². The zero-order valence-corrected chi connectivity index (χ0v) is 12.4. The van der Waals surface area contributed by atoms with Crippen LogP contribution in [0, 0.1) is 12.7 Å². The maximum atomic E-state index is 14.3. The summed E-state index contributed by atoms with van der Waals surface area (Å²) in [7, 11) is 0. The Morgan fingerprint density at radius 3 is 2.48 bits per heavy atom. The first-order chi connectivity index (χ1) is 9.79. The van der Waals surface area contributed by atoms with Crippen LogP contribution in [-0.2, 0) is 0 Å². The van der Waals surface area contributed by atoms with Crippen LogP contribution in [0.2, 0.25) is 5.02 Å². The standard InChI is InChI=1S/C14H17ClF4N2/c1-9-2-3-10(15)12(13(9)16)11(8-14(17,18)19)21-6-4-20-5-7-21/h2-3,11,20H,4-8H2,1H3/t11-/m0/s1. The zero-order valence-electron chi connectivity index (χ0n) is 11.6. The number of hydrogen-bond acceptors (Lipinski definition) is 2. The lowest BCUT2D eigenvalue weighted by atomic mass is 9.98. The highest BCUT2D eigenvalue weighted by atomic mass is 35.5. The highest BCUT2D eigenvalue weighted by Crippen LogP contribution is 2.39. The van der Waals surface area contributed by atoms with Gasteiger partial charge in [0.1, 0.15) is 5.82 Å². The minimum atomic E-state index is -4.38. The van der Waals surface area contributed by atoms with Gasteiger partial charge >= 0.3 is 6.18 Å². The van der Waals surface area contributed by atoms with Crippen molar-refractivity contribution in [3.8, 4) is 0 Å². The van der Waals surface area contributed by atoms with E-state index in [1.54, 1.807) is 4.90 Å². The third-order valence-corrected chi connectivity index (χ3v) is 4.00. The summed E-state index contributed by atoms with van der Waals surface area (Å²) in [5.74, 6) is -0.643. The Hall–Kier alpha value is -0.850. The first kappa shape index (κ1) is 16.5. The fourth-order valence-corrected chi connectivity index (χ4v) is 2.88. The molecule has 0 amide bonds. The molecule has 1 fully saturated rings. The van der Waals surface area contributed by atoms with E-state index in [-0.39, 0.29) is 10.6 Å². The molecule has 7 heteroatoms. The molecule has 0 aliphatic carbocycles. The van der Waals surface area contributed by atoms with Crippen LogP contribution in [0.5, 0.6) is 0 Å². The number of aryl methyl sites for hydroxylation is 1. The maximum absolute atomic E-state index is 14.3. The Kier molecular flexibility index (Phi) is 5.11. The molecule has 21 heavy (non-hydrogen) atoms. The molecule has 118 valence electrons. The molecule has 0 unspecified atom stereocenters. The van der Waals surface area contributed by atoms with Gasteiger partial charge in [0, 0.05) is 42.8 Å². The fraction of sp³-hybridized carbons (Fsp3) is 0.571. The maximum Gasteiger partial charge on any atom is 0.390 e. The van der Waals surface area contributed by atoms with Gasteiger partial charge in [-0.25, -0.2) is 4.39 Å². The fourth-order valence-electron chi connectivity index (χ4n) is 2.61. The van der Waals surface area contributed by atoms with Crippen LogP contribution < -0.4 is 5.32 Å². The monoisotopic (exact) mass is 324 g/mol. The number of halogens is 5. The summed E-state index contributed by atoms with van der Waals surface area (Å²) in [5.41, 5.74) is 0.257. The summed E-state index contributed by atoms with van der Waals surface area (Å²) in [6.45, 7) is 3.56. The number of piperazine rings is 1. The molecule has 0 bridgehead atoms. The number of nitrogens with one attached hydrogen (secondary N) is 1. The summed E-state index contributed by atoms with van der Waals surface area (Å²) in [4.78, 5) is 1.65. The van der Waals surface area contributed by atoms with Gasteiger partial charge in [0.25, 0.3) is 0 Å². The van der Waals surface area contributed by atoms with E-state index in [0.717, 1.165) is 0 Å². The zero-order chi connectivity index (χ0) is 15.6. The van der Waals surface area contributed by atoms with Gasteiger partial charge in [-0.05, 0) is 18.6 Å². The molecule has 2 nitrogen and oxygen atoms in total. The first-order valence-electron chi connectivity index (χ1n) is 6.75. The Balaban J connectivity index is 2.41. The predicted octanol–water partition coefficient (Wildman–Crippen LogP) is 3.69. The predicted molar refractivity (Wildman–Crippen MR) is 74.0 cm³/mol. The van der Waals surface area contributed by atoms with Gasteiger partial charge < -0.3 is 5.32 Å². The van der Waals surface area contributed by atoms with Crippen molar-refractivity contribution in [3.05, 3.63) is 34.1 Å². The van der Waals surface area contributed by atoms with E-state index in [9.17, 15) is 17.6 Å². The average molecular weight is 325 g/mol. The number of rotatable bonds is 3. The molecule has 1 saturated heterocycles. The summed E-state index contributed by atoms with van der Waals surface area (Å²) in [5, 5.41) is 3.12. The highest BCUT2D eigenvalue weighted by molar-refractivity contribution is 6.31. The Morgan fingerprint density at radius 2 is 1.90 bits per heavy atom. The second-order valence-electron chi connectivity index (χ2n) is 5.21. The van der Waals surface area contributed by atoms with Crippen molar-refractivity contribution >= 4 is 11.6 Å². The van der Waals surface area contributed by atoms with Gasteiger partial charge in [-0.2, -0.15) is 13.2 Å². The summed E-state index contributed by atoms with van der Waals surface area (Å²) in [6.07, 6.45) is -5.48. The lowest BCUT2D eigenvalue weighted by Gasteiger charge is -2.36. The van der Waals surface area contributed by atoms with Crippen LogP contribution in [0.4, 0.5) is 17.6 Å². The Bertz CT molecular complexity index is 498. The lowest BCUT2D eigenvalue weighted by molar-refractivity contribution is -0.149.